The molecule has 1 aliphatic heterocycles. The van der Waals surface area contributed by atoms with Crippen LogP contribution in [-0.2, 0) is 24.8 Å². The molecule has 2 aromatic rings. The lowest BCUT2D eigenvalue weighted by Gasteiger charge is -2.27. The summed E-state index contributed by atoms with van der Waals surface area (Å²) in [7, 11) is 3.68. The molecule has 0 radical (unpaired) electrons. The summed E-state index contributed by atoms with van der Waals surface area (Å²) in [4.78, 5) is 14.5. The van der Waals surface area contributed by atoms with E-state index in [0.717, 1.165) is 34.3 Å². The average Bonchev–Trinajstić information content (AvgIpc) is 2.90. The minimum Gasteiger partial charge on any atom is -0.340 e. The molecular formula is C16H18BrClN4O. The lowest BCUT2D eigenvalue weighted by Crippen LogP contribution is -2.41. The Kier molecular flexibility index (Phi) is 4.75. The van der Waals surface area contributed by atoms with Gasteiger partial charge in [-0.2, -0.15) is 5.10 Å². The molecule has 1 unspecified atom stereocenters. The second-order valence-electron chi connectivity index (χ2n) is 5.77. The number of hydrogen-bond donors (Lipinski definition) is 1. The maximum absolute atomic E-state index is 12.8. The molecule has 0 saturated heterocycles. The van der Waals surface area contributed by atoms with E-state index in [9.17, 15) is 4.79 Å². The number of rotatable bonds is 3. The van der Waals surface area contributed by atoms with Gasteiger partial charge in [0.1, 0.15) is 6.04 Å². The summed E-state index contributed by atoms with van der Waals surface area (Å²) >= 11 is 9.67. The van der Waals surface area contributed by atoms with Gasteiger partial charge in [-0.3, -0.25) is 9.48 Å². The van der Waals surface area contributed by atoms with Crippen LogP contribution in [0.2, 0.25) is 5.02 Å². The van der Waals surface area contributed by atoms with Crippen molar-refractivity contribution >= 4 is 33.4 Å². The smallest absolute Gasteiger partial charge is 0.244 e. The number of aryl methyl sites for hydroxylation is 1. The minimum absolute atomic E-state index is 0.0231. The molecule has 0 aliphatic carbocycles. The van der Waals surface area contributed by atoms with Crippen molar-refractivity contribution in [2.45, 2.75) is 19.0 Å². The Bertz CT molecular complexity index is 746. The van der Waals surface area contributed by atoms with E-state index in [0.29, 0.717) is 11.6 Å². The Labute approximate surface area is 148 Å². The lowest BCUT2D eigenvalue weighted by molar-refractivity contribution is -0.133. The van der Waals surface area contributed by atoms with Crippen molar-refractivity contribution < 1.29 is 4.79 Å². The van der Waals surface area contributed by atoms with E-state index in [4.69, 9.17) is 11.6 Å². The van der Waals surface area contributed by atoms with Crippen molar-refractivity contribution in [3.05, 3.63) is 50.7 Å². The minimum atomic E-state index is -0.344. The molecule has 2 heterocycles. The number of hydrogen-bond acceptors (Lipinski definition) is 3. The second-order valence-corrected chi connectivity index (χ2v) is 7.09. The number of carbonyl (C=O) groups excluding carboxylic acids is 1. The predicted octanol–water partition coefficient (Wildman–Crippen LogP) is 2.68. The normalized spacial score (nSPS) is 17.0. The van der Waals surface area contributed by atoms with Crippen molar-refractivity contribution in [3.63, 3.8) is 0 Å². The number of nitrogens with zero attached hydrogens (tertiary/aromatic N) is 3. The van der Waals surface area contributed by atoms with E-state index in [1.807, 2.05) is 31.4 Å². The fourth-order valence-electron chi connectivity index (χ4n) is 2.87. The topological polar surface area (TPSA) is 50.2 Å². The third kappa shape index (κ3) is 3.44. The Morgan fingerprint density at radius 3 is 3.13 bits per heavy atom. The highest BCUT2D eigenvalue weighted by Crippen LogP contribution is 2.26. The maximum atomic E-state index is 12.8. The summed E-state index contributed by atoms with van der Waals surface area (Å²) in [6, 6.07) is 5.31. The number of likely N-dealkylation sites (N-methyl/N-ethyl adjacent to an activating group) is 1. The van der Waals surface area contributed by atoms with E-state index in [2.05, 4.69) is 26.3 Å². The number of nitrogens with one attached hydrogen (secondary N) is 1. The molecule has 0 bridgehead atoms. The fraction of sp³-hybridized carbons (Fsp3) is 0.375. The van der Waals surface area contributed by atoms with E-state index in [1.165, 1.54) is 0 Å². The highest BCUT2D eigenvalue weighted by Gasteiger charge is 2.30. The van der Waals surface area contributed by atoms with Crippen LogP contribution in [0.1, 0.15) is 22.9 Å². The Balaban J connectivity index is 1.79. The summed E-state index contributed by atoms with van der Waals surface area (Å²) < 4.78 is 2.71. The van der Waals surface area contributed by atoms with Gasteiger partial charge in [-0.25, -0.2) is 0 Å². The van der Waals surface area contributed by atoms with E-state index < -0.39 is 0 Å². The molecule has 7 heteroatoms. The van der Waals surface area contributed by atoms with Gasteiger partial charge in [0.25, 0.3) is 0 Å². The summed E-state index contributed by atoms with van der Waals surface area (Å²) in [5.74, 6) is 0.0231. The molecule has 122 valence electrons. The predicted molar refractivity (Wildman–Crippen MR) is 93.3 cm³/mol. The van der Waals surface area contributed by atoms with Crippen LogP contribution < -0.4 is 5.32 Å². The third-order valence-corrected chi connectivity index (χ3v) is 4.86. The van der Waals surface area contributed by atoms with Crippen molar-refractivity contribution in [2.24, 2.45) is 7.05 Å². The van der Waals surface area contributed by atoms with Crippen LogP contribution in [-0.4, -0.2) is 34.2 Å². The molecule has 1 aromatic heterocycles. The number of benzene rings is 1. The first-order valence-corrected chi connectivity index (χ1v) is 8.57. The van der Waals surface area contributed by atoms with Crippen LogP contribution >= 0.6 is 27.5 Å². The summed E-state index contributed by atoms with van der Waals surface area (Å²) in [5.41, 5.74) is 2.88. The molecule has 0 spiro atoms. The standard InChI is InChI=1S/C16H18BrClN4O/c1-21(8-10-7-11(17)3-4-13(10)18)16(23)15-12-9-22(2)20-14(12)5-6-19-15/h3-4,7,9,15,19H,5-6,8H2,1-2H3. The van der Waals surface area contributed by atoms with E-state index in [-0.39, 0.29) is 11.9 Å². The Hall–Kier alpha value is -1.37. The van der Waals surface area contributed by atoms with Gasteiger partial charge in [0.2, 0.25) is 5.91 Å². The monoisotopic (exact) mass is 396 g/mol. The largest absolute Gasteiger partial charge is 0.340 e. The van der Waals surface area contributed by atoms with Crippen LogP contribution in [0.15, 0.2) is 28.9 Å². The molecule has 23 heavy (non-hydrogen) atoms. The molecule has 0 saturated carbocycles. The third-order valence-electron chi connectivity index (χ3n) is 4.00. The number of carbonyl (C=O) groups is 1. The molecule has 1 atom stereocenters. The summed E-state index contributed by atoms with van der Waals surface area (Å²) in [5, 5.41) is 8.38. The molecule has 3 rings (SSSR count). The Morgan fingerprint density at radius 1 is 1.57 bits per heavy atom. The van der Waals surface area contributed by atoms with Gasteiger partial charge in [-0.05, 0) is 23.8 Å². The van der Waals surface area contributed by atoms with Gasteiger partial charge in [0.05, 0.1) is 5.69 Å². The van der Waals surface area contributed by atoms with Crippen molar-refractivity contribution in [3.8, 4) is 0 Å². The van der Waals surface area contributed by atoms with Gasteiger partial charge in [0, 0.05) is 54.9 Å². The first-order chi connectivity index (χ1) is 11.0. The van der Waals surface area contributed by atoms with E-state index >= 15 is 0 Å². The molecule has 1 N–H and O–H groups in total. The van der Waals surface area contributed by atoms with Gasteiger partial charge in [0.15, 0.2) is 0 Å². The molecule has 5 nitrogen and oxygen atoms in total. The number of amides is 1. The van der Waals surface area contributed by atoms with Crippen molar-refractivity contribution in [2.75, 3.05) is 13.6 Å². The van der Waals surface area contributed by atoms with Gasteiger partial charge < -0.3 is 10.2 Å². The zero-order chi connectivity index (χ0) is 16.6. The quantitative estimate of drug-likeness (QED) is 0.866. The average molecular weight is 398 g/mol. The highest BCUT2D eigenvalue weighted by molar-refractivity contribution is 9.10. The number of halogens is 2. The number of fused-ring (bicyclic) bond motifs is 1. The first kappa shape index (κ1) is 16.5. The second kappa shape index (κ2) is 6.63. The van der Waals surface area contributed by atoms with Gasteiger partial charge in [-0.1, -0.05) is 27.5 Å². The molecule has 1 aliphatic rings. The van der Waals surface area contributed by atoms with Crippen molar-refractivity contribution in [1.29, 1.82) is 0 Å². The molecule has 0 fully saturated rings. The summed E-state index contributed by atoms with van der Waals surface area (Å²) in [6.45, 7) is 1.22. The molecular weight excluding hydrogens is 380 g/mol. The van der Waals surface area contributed by atoms with Gasteiger partial charge >= 0.3 is 0 Å². The molecule has 1 amide bonds. The summed E-state index contributed by atoms with van der Waals surface area (Å²) in [6.07, 6.45) is 2.77. The maximum Gasteiger partial charge on any atom is 0.244 e. The molecule has 1 aromatic carbocycles. The zero-order valence-corrected chi connectivity index (χ0v) is 15.4. The van der Waals surface area contributed by atoms with E-state index in [1.54, 1.807) is 16.6 Å². The first-order valence-electron chi connectivity index (χ1n) is 7.40. The van der Waals surface area contributed by atoms with Crippen LogP contribution in [0.25, 0.3) is 0 Å². The number of aromatic nitrogens is 2. The zero-order valence-electron chi connectivity index (χ0n) is 13.0. The van der Waals surface area contributed by atoms with Crippen LogP contribution in [0.5, 0.6) is 0 Å². The van der Waals surface area contributed by atoms with Crippen LogP contribution in [0.3, 0.4) is 0 Å². The van der Waals surface area contributed by atoms with Crippen LogP contribution in [0, 0.1) is 0 Å². The SMILES string of the molecule is CN(Cc1cc(Br)ccc1Cl)C(=O)C1NCCc2nn(C)cc21. The Morgan fingerprint density at radius 2 is 2.35 bits per heavy atom. The lowest BCUT2D eigenvalue weighted by atomic mass is 10.0. The van der Waals surface area contributed by atoms with Gasteiger partial charge in [-0.15, -0.1) is 0 Å². The highest BCUT2D eigenvalue weighted by atomic mass is 79.9. The van der Waals surface area contributed by atoms with Crippen LogP contribution in [0.4, 0.5) is 0 Å². The fourth-order valence-corrected chi connectivity index (χ4v) is 3.46. The van der Waals surface area contributed by atoms with Crippen molar-refractivity contribution in [1.82, 2.24) is 20.0 Å².